The highest BCUT2D eigenvalue weighted by atomic mass is 79.9. The topological polar surface area (TPSA) is 108 Å². The minimum Gasteiger partial charge on any atom is -0.462 e. The summed E-state index contributed by atoms with van der Waals surface area (Å²) in [6.07, 6.45) is 22.9. The molecule has 0 heterocycles. The first-order valence-corrected chi connectivity index (χ1v) is 20.4. The summed E-state index contributed by atoms with van der Waals surface area (Å²) < 4.78 is 34.0. The Morgan fingerprint density at radius 3 is 1.58 bits per heavy atom. The van der Waals surface area contributed by atoms with Crippen LogP contribution in [0, 0.1) is 0 Å². The van der Waals surface area contributed by atoms with E-state index in [1.807, 2.05) is 21.1 Å². The maximum atomic E-state index is 12.5. The van der Waals surface area contributed by atoms with E-state index in [1.165, 1.54) is 83.5 Å². The number of nitrogens with zero attached hydrogens (tertiary/aromatic N) is 1. The lowest BCUT2D eigenvalue weighted by molar-refractivity contribution is -0.870. The van der Waals surface area contributed by atoms with Gasteiger partial charge in [0.2, 0.25) is 0 Å². The molecule has 0 aromatic carbocycles. The summed E-state index contributed by atoms with van der Waals surface area (Å²) in [7, 11) is 1.48. The lowest BCUT2D eigenvalue weighted by Crippen LogP contribution is -2.37. The molecule has 0 aliphatic carbocycles. The number of carbonyl (C=O) groups is 2. The zero-order valence-electron chi connectivity index (χ0n) is 29.2. The van der Waals surface area contributed by atoms with E-state index in [9.17, 15) is 19.0 Å². The third-order valence-corrected chi connectivity index (χ3v) is 9.21. The Kier molecular flexibility index (Phi) is 29.3. The van der Waals surface area contributed by atoms with Crippen LogP contribution in [-0.4, -0.2) is 80.3 Å². The fraction of sp³-hybridized carbons (Fsp3) is 0.941. The van der Waals surface area contributed by atoms with Crippen molar-refractivity contribution in [3.8, 4) is 0 Å². The highest BCUT2D eigenvalue weighted by Crippen LogP contribution is 2.43. The molecule has 0 aromatic rings. The van der Waals surface area contributed by atoms with E-state index in [4.69, 9.17) is 18.5 Å². The fourth-order valence-electron chi connectivity index (χ4n) is 4.80. The number of halogens is 1. The van der Waals surface area contributed by atoms with Crippen LogP contribution in [0.4, 0.5) is 0 Å². The summed E-state index contributed by atoms with van der Waals surface area (Å²) >= 11 is 3.45. The second kappa shape index (κ2) is 29.6. The number of likely N-dealkylation sites (N-methyl/N-ethyl adjacent to an activating group) is 1. The molecule has 0 saturated carbocycles. The number of alkyl halides is 1. The summed E-state index contributed by atoms with van der Waals surface area (Å²) in [4.78, 5) is 35.0. The second-order valence-corrected chi connectivity index (χ2v) is 15.6. The Labute approximate surface area is 284 Å². The van der Waals surface area contributed by atoms with Crippen LogP contribution in [-0.2, 0) is 32.7 Å². The van der Waals surface area contributed by atoms with Crippen LogP contribution >= 0.6 is 23.8 Å². The number of unbranched alkanes of at least 4 members (excludes halogenated alkanes) is 18. The van der Waals surface area contributed by atoms with Crippen molar-refractivity contribution >= 4 is 35.7 Å². The molecule has 11 heteroatoms. The van der Waals surface area contributed by atoms with E-state index < -0.39 is 26.5 Å². The third kappa shape index (κ3) is 33.2. The van der Waals surface area contributed by atoms with Crippen LogP contribution in [0.1, 0.15) is 148 Å². The number of phosphoric ester groups is 1. The van der Waals surface area contributed by atoms with Crippen molar-refractivity contribution < 1.29 is 42.1 Å². The summed E-state index contributed by atoms with van der Waals surface area (Å²) in [5, 5.41) is 1.03. The molecule has 0 spiro atoms. The number of rotatable bonds is 33. The SMILES string of the molecule is CCCCCCCCCCCCCCCC(=O)OC[C@H](COP(=O)(O)OCC[N+](C)(C)C)OC(=O)CCCCCCCCCBr. The maximum absolute atomic E-state index is 12.5. The monoisotopic (exact) mass is 728 g/mol. The second-order valence-electron chi connectivity index (χ2n) is 13.3. The summed E-state index contributed by atoms with van der Waals surface area (Å²) in [5.74, 6) is -0.806. The first-order chi connectivity index (χ1) is 21.5. The third-order valence-electron chi connectivity index (χ3n) is 7.67. The van der Waals surface area contributed by atoms with Crippen LogP contribution in [0.15, 0.2) is 0 Å². The largest absolute Gasteiger partial charge is 0.472 e. The molecule has 0 aromatic heterocycles. The number of carbonyl (C=O) groups excluding carboxylic acids is 2. The number of quaternary nitrogens is 1. The number of esters is 2. The van der Waals surface area contributed by atoms with Gasteiger partial charge in [-0.2, -0.15) is 0 Å². The lowest BCUT2D eigenvalue weighted by Gasteiger charge is -2.24. The van der Waals surface area contributed by atoms with Crippen LogP contribution in [0.25, 0.3) is 0 Å². The molecule has 0 aliphatic heterocycles. The van der Waals surface area contributed by atoms with E-state index in [2.05, 4.69) is 22.9 Å². The van der Waals surface area contributed by atoms with Gasteiger partial charge in [0.1, 0.15) is 19.8 Å². The van der Waals surface area contributed by atoms with Crippen molar-refractivity contribution in [3.63, 3.8) is 0 Å². The normalized spacial score (nSPS) is 13.8. The predicted molar refractivity (Wildman–Crippen MR) is 187 cm³/mol. The van der Waals surface area contributed by atoms with E-state index in [0.29, 0.717) is 23.9 Å². The van der Waals surface area contributed by atoms with Gasteiger partial charge in [0.05, 0.1) is 27.7 Å². The first kappa shape index (κ1) is 44.5. The Hall–Kier alpha value is -0.510. The molecule has 0 bridgehead atoms. The Balaban J connectivity index is 4.40. The summed E-state index contributed by atoms with van der Waals surface area (Å²) in [5.41, 5.74) is 0. The minimum absolute atomic E-state index is 0.0337. The highest BCUT2D eigenvalue weighted by molar-refractivity contribution is 9.09. The molecule has 0 rings (SSSR count). The Bertz CT molecular complexity index is 765. The predicted octanol–water partition coefficient (Wildman–Crippen LogP) is 9.28. The molecule has 0 saturated heterocycles. The molecular weight excluding hydrogens is 661 g/mol. The van der Waals surface area contributed by atoms with E-state index in [0.717, 1.165) is 43.9 Å². The molecule has 0 fully saturated rings. The van der Waals surface area contributed by atoms with Crippen LogP contribution < -0.4 is 0 Å². The van der Waals surface area contributed by atoms with Gasteiger partial charge in [-0.05, 0) is 19.3 Å². The van der Waals surface area contributed by atoms with Crippen molar-refractivity contribution in [1.82, 2.24) is 0 Å². The van der Waals surface area contributed by atoms with Gasteiger partial charge in [0.25, 0.3) is 0 Å². The van der Waals surface area contributed by atoms with E-state index in [1.54, 1.807) is 0 Å². The molecule has 1 unspecified atom stereocenters. The zero-order valence-corrected chi connectivity index (χ0v) is 31.7. The van der Waals surface area contributed by atoms with Gasteiger partial charge in [-0.15, -0.1) is 0 Å². The number of phosphoric acid groups is 1. The van der Waals surface area contributed by atoms with Gasteiger partial charge in [-0.1, -0.05) is 132 Å². The minimum atomic E-state index is -4.35. The smallest absolute Gasteiger partial charge is 0.462 e. The molecule has 0 aliphatic rings. The van der Waals surface area contributed by atoms with Crippen LogP contribution in [0.3, 0.4) is 0 Å². The number of hydrogen-bond donors (Lipinski definition) is 1. The molecule has 9 nitrogen and oxygen atoms in total. The zero-order chi connectivity index (χ0) is 33.7. The van der Waals surface area contributed by atoms with Crippen molar-refractivity contribution in [1.29, 1.82) is 0 Å². The average Bonchev–Trinajstić information content (AvgIpc) is 2.97. The molecule has 268 valence electrons. The molecule has 45 heavy (non-hydrogen) atoms. The maximum Gasteiger partial charge on any atom is 0.472 e. The van der Waals surface area contributed by atoms with Gasteiger partial charge in [-0.25, -0.2) is 4.57 Å². The van der Waals surface area contributed by atoms with Crippen molar-refractivity contribution in [2.24, 2.45) is 0 Å². The van der Waals surface area contributed by atoms with Crippen LogP contribution in [0.5, 0.6) is 0 Å². The van der Waals surface area contributed by atoms with E-state index >= 15 is 0 Å². The fourth-order valence-corrected chi connectivity index (χ4v) is 5.94. The molecule has 0 amide bonds. The molecule has 1 N–H and O–H groups in total. The van der Waals surface area contributed by atoms with Gasteiger partial charge < -0.3 is 18.9 Å². The Morgan fingerprint density at radius 2 is 1.11 bits per heavy atom. The Morgan fingerprint density at radius 1 is 0.667 bits per heavy atom. The van der Waals surface area contributed by atoms with Crippen molar-refractivity contribution in [2.75, 3.05) is 52.8 Å². The van der Waals surface area contributed by atoms with Crippen molar-refractivity contribution in [3.05, 3.63) is 0 Å². The molecule has 0 radical (unpaired) electrons. The molecular formula is C34H68BrNO8P+. The van der Waals surface area contributed by atoms with Gasteiger partial charge >= 0.3 is 19.8 Å². The van der Waals surface area contributed by atoms with Gasteiger partial charge in [-0.3, -0.25) is 18.6 Å². The van der Waals surface area contributed by atoms with Gasteiger partial charge in [0.15, 0.2) is 6.10 Å². The number of ether oxygens (including phenoxy) is 2. The van der Waals surface area contributed by atoms with Crippen molar-refractivity contribution in [2.45, 2.75) is 154 Å². The molecule has 2 atom stereocenters. The average molecular weight is 730 g/mol. The number of hydrogen-bond acceptors (Lipinski definition) is 7. The first-order valence-electron chi connectivity index (χ1n) is 17.8. The summed E-state index contributed by atoms with van der Waals surface area (Å²) in [6.45, 7) is 2.17. The van der Waals surface area contributed by atoms with E-state index in [-0.39, 0.29) is 25.6 Å². The quantitative estimate of drug-likeness (QED) is 0.0234. The lowest BCUT2D eigenvalue weighted by atomic mass is 10.0. The standard InChI is InChI=1S/C34H67BrNO8P/c1-5-6-7-8-9-10-11-12-13-14-16-19-22-25-33(37)41-30-32(31-43-45(39,40)42-29-28-36(2,3)4)44-34(38)26-23-20-17-15-18-21-24-27-35/h32H,5-31H2,1-4H3/p+1/t32-/m1/s1. The van der Waals surface area contributed by atoms with Gasteiger partial charge in [0, 0.05) is 18.2 Å². The summed E-state index contributed by atoms with van der Waals surface area (Å²) in [6, 6.07) is 0. The highest BCUT2D eigenvalue weighted by Gasteiger charge is 2.27. The van der Waals surface area contributed by atoms with Crippen LogP contribution in [0.2, 0.25) is 0 Å².